The van der Waals surface area contributed by atoms with Crippen LogP contribution in [0.3, 0.4) is 0 Å². The average molecular weight is 381 g/mol. The summed E-state index contributed by atoms with van der Waals surface area (Å²) in [5.74, 6) is 2.48. The number of aliphatic imine (C=N–C) groups is 1. The standard InChI is InChI=1S/C20H28N8/c1-16(18-9-5-4-6-10-18)24-20(21-11-7-13-28-14-8-12-23-28)22-15-19-26-25-17(2)27(19)3/h4-6,8-10,12,14,16H,7,11,13,15H2,1-3H3,(H2,21,22,24). The maximum Gasteiger partial charge on any atom is 0.192 e. The number of rotatable bonds is 8. The Labute approximate surface area is 165 Å². The predicted molar refractivity (Wildman–Crippen MR) is 110 cm³/mol. The van der Waals surface area contributed by atoms with E-state index in [-0.39, 0.29) is 6.04 Å². The minimum absolute atomic E-state index is 0.139. The smallest absolute Gasteiger partial charge is 0.192 e. The summed E-state index contributed by atoms with van der Waals surface area (Å²) < 4.78 is 3.89. The van der Waals surface area contributed by atoms with Gasteiger partial charge in [0.1, 0.15) is 12.4 Å². The van der Waals surface area contributed by atoms with Gasteiger partial charge in [0.2, 0.25) is 0 Å². The van der Waals surface area contributed by atoms with Crippen molar-refractivity contribution in [2.24, 2.45) is 12.0 Å². The molecule has 0 aliphatic rings. The van der Waals surface area contributed by atoms with Crippen LogP contribution in [0.2, 0.25) is 0 Å². The van der Waals surface area contributed by atoms with Crippen molar-refractivity contribution in [2.45, 2.75) is 39.4 Å². The SMILES string of the molecule is Cc1nnc(CN=C(NCCCn2cccn2)NC(C)c2ccccc2)n1C. The first-order chi connectivity index (χ1) is 13.6. The van der Waals surface area contributed by atoms with E-state index in [2.05, 4.69) is 45.0 Å². The number of guanidine groups is 1. The van der Waals surface area contributed by atoms with Crippen molar-refractivity contribution in [1.29, 1.82) is 0 Å². The summed E-state index contributed by atoms with van der Waals surface area (Å²) in [5, 5.41) is 19.4. The second kappa shape index (κ2) is 9.68. The third-order valence-corrected chi connectivity index (χ3v) is 4.63. The van der Waals surface area contributed by atoms with E-state index in [9.17, 15) is 0 Å². The van der Waals surface area contributed by atoms with Gasteiger partial charge in [0.15, 0.2) is 11.8 Å². The van der Waals surface area contributed by atoms with Gasteiger partial charge in [-0.2, -0.15) is 5.10 Å². The first-order valence-corrected chi connectivity index (χ1v) is 9.55. The van der Waals surface area contributed by atoms with Crippen molar-refractivity contribution in [3.63, 3.8) is 0 Å². The lowest BCUT2D eigenvalue weighted by Crippen LogP contribution is -2.39. The molecule has 1 unspecified atom stereocenters. The molecule has 0 saturated carbocycles. The van der Waals surface area contributed by atoms with E-state index in [1.807, 2.05) is 53.7 Å². The summed E-state index contributed by atoms with van der Waals surface area (Å²) in [6.45, 7) is 6.19. The zero-order valence-electron chi connectivity index (χ0n) is 16.7. The molecule has 1 aromatic carbocycles. The Morgan fingerprint density at radius 2 is 2.00 bits per heavy atom. The maximum atomic E-state index is 4.72. The van der Waals surface area contributed by atoms with Crippen LogP contribution in [0.5, 0.6) is 0 Å². The van der Waals surface area contributed by atoms with Gasteiger partial charge in [0.05, 0.1) is 6.04 Å². The zero-order valence-corrected chi connectivity index (χ0v) is 16.7. The highest BCUT2D eigenvalue weighted by Crippen LogP contribution is 2.11. The summed E-state index contributed by atoms with van der Waals surface area (Å²) >= 11 is 0. The molecule has 2 heterocycles. The molecule has 28 heavy (non-hydrogen) atoms. The quantitative estimate of drug-likeness (QED) is 0.356. The summed E-state index contributed by atoms with van der Waals surface area (Å²) in [6, 6.07) is 12.4. The molecule has 8 nitrogen and oxygen atoms in total. The van der Waals surface area contributed by atoms with Gasteiger partial charge in [0, 0.05) is 32.5 Å². The van der Waals surface area contributed by atoms with Gasteiger partial charge in [-0.25, -0.2) is 4.99 Å². The van der Waals surface area contributed by atoms with Crippen LogP contribution in [0.4, 0.5) is 0 Å². The van der Waals surface area contributed by atoms with Crippen molar-refractivity contribution >= 4 is 5.96 Å². The van der Waals surface area contributed by atoms with Crippen molar-refractivity contribution < 1.29 is 0 Å². The molecule has 0 radical (unpaired) electrons. The van der Waals surface area contributed by atoms with E-state index in [1.165, 1.54) is 5.56 Å². The molecule has 0 aliphatic heterocycles. The summed E-state index contributed by atoms with van der Waals surface area (Å²) in [7, 11) is 1.96. The first-order valence-electron chi connectivity index (χ1n) is 9.55. The minimum Gasteiger partial charge on any atom is -0.356 e. The van der Waals surface area contributed by atoms with Crippen molar-refractivity contribution in [3.8, 4) is 0 Å². The lowest BCUT2D eigenvalue weighted by molar-refractivity contribution is 0.566. The number of aryl methyl sites for hydroxylation is 2. The highest BCUT2D eigenvalue weighted by atomic mass is 15.3. The van der Waals surface area contributed by atoms with Gasteiger partial charge in [-0.1, -0.05) is 30.3 Å². The fraction of sp³-hybridized carbons (Fsp3) is 0.400. The van der Waals surface area contributed by atoms with E-state index in [0.717, 1.165) is 37.1 Å². The number of nitrogens with one attached hydrogen (secondary N) is 2. The monoisotopic (exact) mass is 380 g/mol. The molecule has 2 N–H and O–H groups in total. The molecule has 0 fully saturated rings. The summed E-state index contributed by atoms with van der Waals surface area (Å²) in [5.41, 5.74) is 1.21. The lowest BCUT2D eigenvalue weighted by Gasteiger charge is -2.19. The third-order valence-electron chi connectivity index (χ3n) is 4.63. The van der Waals surface area contributed by atoms with Gasteiger partial charge >= 0.3 is 0 Å². The van der Waals surface area contributed by atoms with Gasteiger partial charge in [0.25, 0.3) is 0 Å². The Morgan fingerprint density at radius 1 is 1.18 bits per heavy atom. The van der Waals surface area contributed by atoms with Gasteiger partial charge in [-0.3, -0.25) is 4.68 Å². The highest BCUT2D eigenvalue weighted by molar-refractivity contribution is 5.80. The van der Waals surface area contributed by atoms with Crippen LogP contribution in [0.25, 0.3) is 0 Å². The van der Waals surface area contributed by atoms with Crippen LogP contribution in [0.15, 0.2) is 53.8 Å². The molecule has 8 heteroatoms. The van der Waals surface area contributed by atoms with Crippen LogP contribution >= 0.6 is 0 Å². The Morgan fingerprint density at radius 3 is 2.68 bits per heavy atom. The van der Waals surface area contributed by atoms with E-state index in [4.69, 9.17) is 4.99 Å². The second-order valence-electron chi connectivity index (χ2n) is 6.71. The molecule has 3 rings (SSSR count). The van der Waals surface area contributed by atoms with Crippen molar-refractivity contribution in [1.82, 2.24) is 35.2 Å². The Balaban J connectivity index is 1.62. The first kappa shape index (κ1) is 19.6. The van der Waals surface area contributed by atoms with Crippen LogP contribution in [-0.2, 0) is 20.1 Å². The Hall–Kier alpha value is -3.16. The second-order valence-corrected chi connectivity index (χ2v) is 6.71. The molecule has 0 spiro atoms. The Kier molecular flexibility index (Phi) is 6.78. The van der Waals surface area contributed by atoms with Gasteiger partial charge < -0.3 is 15.2 Å². The lowest BCUT2D eigenvalue weighted by atomic mass is 10.1. The molecule has 0 bridgehead atoms. The molecular weight excluding hydrogens is 352 g/mol. The fourth-order valence-electron chi connectivity index (χ4n) is 2.80. The van der Waals surface area contributed by atoms with Gasteiger partial charge in [-0.05, 0) is 31.9 Å². The topological polar surface area (TPSA) is 85.0 Å². The molecule has 0 amide bonds. The van der Waals surface area contributed by atoms with Crippen LogP contribution in [-0.4, -0.2) is 37.0 Å². The molecule has 1 atom stereocenters. The third kappa shape index (κ3) is 5.42. The van der Waals surface area contributed by atoms with E-state index >= 15 is 0 Å². The molecule has 148 valence electrons. The van der Waals surface area contributed by atoms with Crippen LogP contribution in [0.1, 0.15) is 36.6 Å². The molecule has 0 aliphatic carbocycles. The van der Waals surface area contributed by atoms with Crippen molar-refractivity contribution in [2.75, 3.05) is 6.54 Å². The zero-order chi connectivity index (χ0) is 19.8. The maximum absolute atomic E-state index is 4.72. The predicted octanol–water partition coefficient (Wildman–Crippen LogP) is 2.21. The molecule has 0 saturated heterocycles. The number of benzene rings is 1. The van der Waals surface area contributed by atoms with Crippen LogP contribution in [0, 0.1) is 6.92 Å². The molecule has 2 aromatic heterocycles. The minimum atomic E-state index is 0.139. The highest BCUT2D eigenvalue weighted by Gasteiger charge is 2.09. The van der Waals surface area contributed by atoms with Crippen molar-refractivity contribution in [3.05, 3.63) is 66.0 Å². The van der Waals surface area contributed by atoms with E-state index in [0.29, 0.717) is 6.54 Å². The Bertz CT molecular complexity index is 867. The van der Waals surface area contributed by atoms with Gasteiger partial charge in [-0.15, -0.1) is 10.2 Å². The number of hydrogen-bond donors (Lipinski definition) is 2. The van der Waals surface area contributed by atoms with Crippen LogP contribution < -0.4 is 10.6 Å². The molecule has 3 aromatic rings. The number of hydrogen-bond acceptors (Lipinski definition) is 4. The average Bonchev–Trinajstić information content (AvgIpc) is 3.34. The summed E-state index contributed by atoms with van der Waals surface area (Å²) in [6.07, 6.45) is 4.72. The largest absolute Gasteiger partial charge is 0.356 e. The summed E-state index contributed by atoms with van der Waals surface area (Å²) in [4.78, 5) is 4.72. The number of aromatic nitrogens is 5. The molecular formula is C20H28N8. The normalized spacial score (nSPS) is 12.8. The fourth-order valence-corrected chi connectivity index (χ4v) is 2.80. The number of nitrogens with zero attached hydrogens (tertiary/aromatic N) is 6. The van der Waals surface area contributed by atoms with E-state index in [1.54, 1.807) is 6.20 Å². The van der Waals surface area contributed by atoms with E-state index < -0.39 is 0 Å².